The van der Waals surface area contributed by atoms with E-state index in [1.54, 1.807) is 0 Å². The number of carboxylic acid groups (broad SMARTS) is 2. The van der Waals surface area contributed by atoms with Crippen LogP contribution in [0.15, 0.2) is 0 Å². The van der Waals surface area contributed by atoms with Gasteiger partial charge in [-0.3, -0.25) is 0 Å². The van der Waals surface area contributed by atoms with Crippen molar-refractivity contribution in [3.8, 4) is 0 Å². The van der Waals surface area contributed by atoms with Crippen LogP contribution in [0.1, 0.15) is 0 Å². The first-order valence-corrected chi connectivity index (χ1v) is 0.612. The summed E-state index contributed by atoms with van der Waals surface area (Å²) >= 11 is 0. The molecule has 0 rings (SSSR count). The van der Waals surface area contributed by atoms with Gasteiger partial charge in [-0.1, -0.05) is 0 Å². The molecule has 0 unspecified atom stereocenters. The number of rotatable bonds is 0. The Morgan fingerprint density at radius 3 is 1.25 bits per heavy atom. The van der Waals surface area contributed by atoms with E-state index in [0.29, 0.717) is 0 Å². The number of carbonyl (C=O) groups excluding carboxylic acids is 1. The van der Waals surface area contributed by atoms with E-state index in [1.807, 2.05) is 0 Å². The molecule has 8 heavy (non-hydrogen) atoms. The molecule has 0 aromatic heterocycles. The second kappa shape index (κ2) is 24.8. The summed E-state index contributed by atoms with van der Waals surface area (Å²) in [6.07, 6.45) is -2.33. The Morgan fingerprint density at radius 2 is 1.25 bits per heavy atom. The van der Waals surface area contributed by atoms with Crippen molar-refractivity contribution >= 4 is 6.16 Å². The first-order valence-electron chi connectivity index (χ1n) is 0.612. The van der Waals surface area contributed by atoms with Crippen LogP contribution in [0.4, 0.5) is 4.79 Å². The molecule has 0 aliphatic heterocycles. The molecular weight excluding hydrogens is 197 g/mol. The molecule has 0 atom stereocenters. The van der Waals surface area contributed by atoms with Gasteiger partial charge < -0.3 is 15.0 Å². The predicted molar refractivity (Wildman–Crippen MR) is 8.64 cm³/mol. The molecule has 0 amide bonds. The number of hydrogen-bond donors (Lipinski definition) is 0. The van der Waals surface area contributed by atoms with Crippen molar-refractivity contribution < 1.29 is 67.1 Å². The van der Waals surface area contributed by atoms with E-state index < -0.39 is 6.16 Å². The van der Waals surface area contributed by atoms with Gasteiger partial charge in [0, 0.05) is 0 Å². The van der Waals surface area contributed by atoms with Crippen molar-refractivity contribution in [1.29, 1.82) is 0 Å². The van der Waals surface area contributed by atoms with Gasteiger partial charge in [-0.05, 0) is 6.16 Å². The van der Waals surface area contributed by atoms with Crippen LogP contribution in [0.3, 0.4) is 0 Å². The van der Waals surface area contributed by atoms with Gasteiger partial charge in [-0.2, -0.15) is 0 Å². The molecule has 0 N–H and O–H groups in total. The fraction of sp³-hybridized carbons (Fsp3) is 0. The Hall–Kier alpha value is 0.867. The van der Waals surface area contributed by atoms with E-state index in [2.05, 4.69) is 0 Å². The van der Waals surface area contributed by atoms with Crippen molar-refractivity contribution in [1.82, 2.24) is 0 Å². The van der Waals surface area contributed by atoms with E-state index in [9.17, 15) is 0 Å². The van der Waals surface area contributed by atoms with Crippen molar-refractivity contribution in [2.75, 3.05) is 0 Å². The molecule has 0 bridgehead atoms. The quantitative estimate of drug-likeness (QED) is 0.364. The SMILES string of the molecule is O=C([O-])[O-].[C+4].[Co+2].[Li+].[Ni+2]. The Labute approximate surface area is 80.5 Å². The van der Waals surface area contributed by atoms with E-state index in [-0.39, 0.29) is 59.6 Å². The van der Waals surface area contributed by atoms with Crippen LogP contribution in [-0.4, -0.2) is 6.16 Å². The maximum absolute atomic E-state index is 8.33. The summed E-state index contributed by atoms with van der Waals surface area (Å²) in [5.74, 6) is 0. The van der Waals surface area contributed by atoms with Crippen LogP contribution in [0.2, 0.25) is 0 Å². The molecule has 0 aromatic rings. The minimum Gasteiger partial charge on any atom is -0.652 e. The molecule has 1 radical (unpaired) electrons. The molecule has 39 valence electrons. The van der Waals surface area contributed by atoms with Gasteiger partial charge in [-0.15, -0.1) is 0 Å². The molecule has 3 nitrogen and oxygen atoms in total. The summed E-state index contributed by atoms with van der Waals surface area (Å²) in [7, 11) is 0. The zero-order valence-corrected chi connectivity index (χ0v) is 5.90. The van der Waals surface area contributed by atoms with Crippen molar-refractivity contribution in [2.45, 2.75) is 0 Å². The zero-order chi connectivity index (χ0) is 3.58. The smallest absolute Gasteiger partial charge is 0.652 e. The summed E-state index contributed by atoms with van der Waals surface area (Å²) < 4.78 is 0. The first kappa shape index (κ1) is 36.7. The second-order valence-corrected chi connectivity index (χ2v) is 0.250. The van der Waals surface area contributed by atoms with E-state index in [0.717, 1.165) is 0 Å². The third-order valence-electron chi connectivity index (χ3n) is 0. The van der Waals surface area contributed by atoms with Gasteiger partial charge in [0.1, 0.15) is 0 Å². The predicted octanol–water partition coefficient (Wildman–Crippen LogP) is -5.37. The van der Waals surface area contributed by atoms with Gasteiger partial charge >= 0.3 is 59.6 Å². The zero-order valence-electron chi connectivity index (χ0n) is 3.87. The monoisotopic (exact) mass is 196 g/mol. The number of carbonyl (C=O) groups is 1. The first-order chi connectivity index (χ1) is 1.73. The van der Waals surface area contributed by atoms with Crippen molar-refractivity contribution in [3.63, 3.8) is 0 Å². The Bertz CT molecular complexity index is 40.3. The van der Waals surface area contributed by atoms with Gasteiger partial charge in [0.05, 0.1) is 0 Å². The molecule has 0 spiro atoms. The molecule has 0 aliphatic carbocycles. The average molecular weight is 197 g/mol. The normalized spacial score (nSPS) is 3.00. The van der Waals surface area contributed by atoms with Gasteiger partial charge in [0.25, 0.3) is 0 Å². The maximum Gasteiger partial charge on any atom is 4.00 e. The molecule has 0 aliphatic rings. The minimum atomic E-state index is -2.33. The molecule has 0 fully saturated rings. The molecule has 0 saturated heterocycles. The van der Waals surface area contributed by atoms with Crippen LogP contribution in [0.5, 0.6) is 0 Å². The summed E-state index contributed by atoms with van der Waals surface area (Å²) in [5.41, 5.74) is 0. The van der Waals surface area contributed by atoms with Crippen molar-refractivity contribution in [2.24, 2.45) is 0 Å². The second-order valence-electron chi connectivity index (χ2n) is 0.250. The van der Waals surface area contributed by atoms with E-state index in [1.165, 1.54) is 0 Å². The van der Waals surface area contributed by atoms with Crippen LogP contribution in [0, 0.1) is 7.43 Å². The van der Waals surface area contributed by atoms with Crippen LogP contribution in [-0.2, 0) is 33.3 Å². The standard InChI is InChI=1S/CH2O3.C.Co.Li.Ni/c2-1(3)4;;;;/h(H2,2,3,4);;;;/q;+4;+2;+1;+2/p-2. The van der Waals surface area contributed by atoms with Gasteiger partial charge in [0.2, 0.25) is 0 Å². The third-order valence-corrected chi connectivity index (χ3v) is 0. The fourth-order valence-electron chi connectivity index (χ4n) is 0. The Morgan fingerprint density at radius 1 is 1.25 bits per heavy atom. The maximum atomic E-state index is 8.33. The third kappa shape index (κ3) is 314. The Balaban J connectivity index is -0.00000000750. The van der Waals surface area contributed by atoms with Crippen LogP contribution in [0.25, 0.3) is 0 Å². The summed E-state index contributed by atoms with van der Waals surface area (Å²) in [6, 6.07) is 0. The van der Waals surface area contributed by atoms with Gasteiger partial charge in [-0.25, -0.2) is 0 Å². The summed E-state index contributed by atoms with van der Waals surface area (Å²) in [6.45, 7) is 0. The average Bonchev–Trinajstić information content (AvgIpc) is 0.811. The largest absolute Gasteiger partial charge is 4.00 e. The summed E-state index contributed by atoms with van der Waals surface area (Å²) in [5, 5.41) is 16.7. The molecule has 0 aromatic carbocycles. The Kier molecular flexibility index (Phi) is 114. The topological polar surface area (TPSA) is 63.2 Å². The van der Waals surface area contributed by atoms with Crippen LogP contribution < -0.4 is 29.1 Å². The molecule has 0 saturated carbocycles. The van der Waals surface area contributed by atoms with E-state index >= 15 is 0 Å². The summed E-state index contributed by atoms with van der Waals surface area (Å²) in [4.78, 5) is 8.33. The minimum absolute atomic E-state index is 0. The van der Waals surface area contributed by atoms with Crippen LogP contribution >= 0.6 is 0 Å². The van der Waals surface area contributed by atoms with Gasteiger partial charge in [0.15, 0.2) is 0 Å². The van der Waals surface area contributed by atoms with Crippen molar-refractivity contribution in [3.05, 3.63) is 7.43 Å². The molecular formula is C2CoLiNiO3+7. The number of hydrogen-bond acceptors (Lipinski definition) is 3. The fourth-order valence-corrected chi connectivity index (χ4v) is 0. The van der Waals surface area contributed by atoms with E-state index in [4.69, 9.17) is 15.0 Å². The molecule has 0 heterocycles. The molecule has 6 heteroatoms.